The van der Waals surface area contributed by atoms with Gasteiger partial charge in [0.1, 0.15) is 4.90 Å². The van der Waals surface area contributed by atoms with E-state index in [4.69, 9.17) is 16.3 Å². The maximum Gasteiger partial charge on any atom is 0.263 e. The molecule has 1 aliphatic heterocycles. The number of para-hydroxylation sites is 1. The minimum absolute atomic E-state index is 0.0318. The number of aryl methyl sites for hydroxylation is 1. The number of rotatable bonds is 4. The normalized spacial score (nSPS) is 20.1. The predicted octanol–water partition coefficient (Wildman–Crippen LogP) is 3.70. The molecule has 2 aromatic rings. The average Bonchev–Trinajstić information content (AvgIpc) is 2.60. The van der Waals surface area contributed by atoms with E-state index < -0.39 is 10.0 Å². The number of carbonyl (C=O) groups is 1. The number of hydrogen-bond donors (Lipinski definition) is 1. The zero-order valence-electron chi connectivity index (χ0n) is 16.0. The van der Waals surface area contributed by atoms with E-state index in [0.717, 1.165) is 5.56 Å². The minimum atomic E-state index is -3.95. The van der Waals surface area contributed by atoms with E-state index in [2.05, 4.69) is 4.72 Å². The molecule has 0 saturated carbocycles. The van der Waals surface area contributed by atoms with Gasteiger partial charge in [-0.2, -0.15) is 0 Å². The molecule has 28 heavy (non-hydrogen) atoms. The van der Waals surface area contributed by atoms with Gasteiger partial charge in [0.15, 0.2) is 0 Å². The van der Waals surface area contributed by atoms with Crippen LogP contribution in [0.3, 0.4) is 0 Å². The van der Waals surface area contributed by atoms with Gasteiger partial charge in [0.2, 0.25) is 0 Å². The first kappa shape index (κ1) is 20.6. The Morgan fingerprint density at radius 1 is 1.14 bits per heavy atom. The van der Waals surface area contributed by atoms with Crippen LogP contribution < -0.4 is 4.72 Å². The third-order valence-electron chi connectivity index (χ3n) is 4.49. The Labute approximate surface area is 170 Å². The Balaban J connectivity index is 1.91. The molecule has 1 saturated heterocycles. The zero-order valence-corrected chi connectivity index (χ0v) is 17.5. The Kier molecular flexibility index (Phi) is 5.98. The van der Waals surface area contributed by atoms with Crippen LogP contribution in [-0.2, 0) is 14.8 Å². The highest BCUT2D eigenvalue weighted by Crippen LogP contribution is 2.27. The molecule has 3 rings (SSSR count). The Hall–Kier alpha value is -2.09. The quantitative estimate of drug-likeness (QED) is 0.815. The lowest BCUT2D eigenvalue weighted by Crippen LogP contribution is -2.48. The second-order valence-electron chi connectivity index (χ2n) is 7.05. The van der Waals surface area contributed by atoms with Crippen molar-refractivity contribution >= 4 is 33.2 Å². The van der Waals surface area contributed by atoms with Crippen molar-refractivity contribution in [2.45, 2.75) is 37.9 Å². The van der Waals surface area contributed by atoms with E-state index in [-0.39, 0.29) is 39.3 Å². The summed E-state index contributed by atoms with van der Waals surface area (Å²) in [6.45, 7) is 6.55. The highest BCUT2D eigenvalue weighted by molar-refractivity contribution is 7.92. The molecule has 0 spiro atoms. The van der Waals surface area contributed by atoms with E-state index >= 15 is 0 Å². The number of nitrogens with one attached hydrogen (secondary N) is 1. The van der Waals surface area contributed by atoms with Crippen LogP contribution in [0.15, 0.2) is 47.4 Å². The fourth-order valence-corrected chi connectivity index (χ4v) is 4.98. The van der Waals surface area contributed by atoms with Crippen LogP contribution in [-0.4, -0.2) is 44.5 Å². The molecule has 1 N–H and O–H groups in total. The third kappa shape index (κ3) is 4.48. The summed E-state index contributed by atoms with van der Waals surface area (Å²) in [6.07, 6.45) is -0.161. The van der Waals surface area contributed by atoms with Crippen molar-refractivity contribution in [1.82, 2.24) is 4.90 Å². The molecule has 0 aliphatic carbocycles. The van der Waals surface area contributed by atoms with Gasteiger partial charge in [0, 0.05) is 13.1 Å². The van der Waals surface area contributed by atoms with E-state index in [1.807, 2.05) is 20.8 Å². The molecule has 1 amide bonds. The predicted molar refractivity (Wildman–Crippen MR) is 109 cm³/mol. The van der Waals surface area contributed by atoms with Crippen LogP contribution in [0, 0.1) is 6.92 Å². The lowest BCUT2D eigenvalue weighted by atomic mass is 10.1. The average molecular weight is 423 g/mol. The highest BCUT2D eigenvalue weighted by Gasteiger charge is 2.29. The number of carbonyl (C=O) groups excluding carboxylic acids is 1. The van der Waals surface area contributed by atoms with E-state index in [1.165, 1.54) is 6.07 Å². The maximum absolute atomic E-state index is 13.1. The molecule has 8 heteroatoms. The number of morpholine rings is 1. The van der Waals surface area contributed by atoms with Crippen LogP contribution >= 0.6 is 11.6 Å². The lowest BCUT2D eigenvalue weighted by molar-refractivity contribution is -0.0585. The van der Waals surface area contributed by atoms with Crippen molar-refractivity contribution in [3.05, 3.63) is 58.6 Å². The largest absolute Gasteiger partial charge is 0.372 e. The summed E-state index contributed by atoms with van der Waals surface area (Å²) in [7, 11) is -3.95. The topological polar surface area (TPSA) is 75.7 Å². The van der Waals surface area contributed by atoms with Gasteiger partial charge in [-0.25, -0.2) is 8.42 Å². The van der Waals surface area contributed by atoms with Crippen LogP contribution in [0.25, 0.3) is 0 Å². The van der Waals surface area contributed by atoms with Gasteiger partial charge in [-0.1, -0.05) is 29.8 Å². The number of benzene rings is 2. The summed E-state index contributed by atoms with van der Waals surface area (Å²) >= 11 is 6.13. The van der Waals surface area contributed by atoms with E-state index in [0.29, 0.717) is 13.1 Å². The summed E-state index contributed by atoms with van der Waals surface area (Å²) in [5, 5.41) is 0.132. The zero-order chi connectivity index (χ0) is 20.5. The van der Waals surface area contributed by atoms with Gasteiger partial charge in [0.25, 0.3) is 15.9 Å². The van der Waals surface area contributed by atoms with E-state index in [9.17, 15) is 13.2 Å². The molecule has 1 aliphatic rings. The van der Waals surface area contributed by atoms with Gasteiger partial charge in [0.05, 0.1) is 28.5 Å². The van der Waals surface area contributed by atoms with Gasteiger partial charge in [-0.3, -0.25) is 9.52 Å². The Morgan fingerprint density at radius 3 is 2.43 bits per heavy atom. The third-order valence-corrected chi connectivity index (χ3v) is 6.33. The molecule has 0 aromatic heterocycles. The molecule has 2 unspecified atom stereocenters. The molecule has 6 nitrogen and oxygen atoms in total. The number of nitrogens with zero attached hydrogens (tertiary/aromatic N) is 1. The summed E-state index contributed by atoms with van der Waals surface area (Å²) in [4.78, 5) is 14.7. The van der Waals surface area contributed by atoms with E-state index in [1.54, 1.807) is 41.3 Å². The Morgan fingerprint density at radius 2 is 1.79 bits per heavy atom. The SMILES string of the molecule is Cc1ccc(S(=O)(=O)Nc2ccccc2C(=O)N2CC(C)OC(C)C2)c(Cl)c1. The maximum atomic E-state index is 13.1. The van der Waals surface area contributed by atoms with Crippen molar-refractivity contribution < 1.29 is 17.9 Å². The van der Waals surface area contributed by atoms with Crippen molar-refractivity contribution in [3.8, 4) is 0 Å². The fourth-order valence-electron chi connectivity index (χ4n) is 3.30. The second-order valence-corrected chi connectivity index (χ2v) is 9.11. The van der Waals surface area contributed by atoms with Crippen molar-refractivity contribution in [2.24, 2.45) is 0 Å². The highest BCUT2D eigenvalue weighted by atomic mass is 35.5. The number of sulfonamides is 1. The molecular weight excluding hydrogens is 400 g/mol. The fraction of sp³-hybridized carbons (Fsp3) is 0.350. The number of hydrogen-bond acceptors (Lipinski definition) is 4. The number of ether oxygens (including phenoxy) is 1. The number of halogens is 1. The molecular formula is C20H23ClN2O4S. The smallest absolute Gasteiger partial charge is 0.263 e. The molecule has 2 aromatic carbocycles. The van der Waals surface area contributed by atoms with Crippen molar-refractivity contribution in [2.75, 3.05) is 17.8 Å². The summed E-state index contributed by atoms with van der Waals surface area (Å²) in [5.74, 6) is -0.240. The molecule has 1 fully saturated rings. The number of amides is 1. The van der Waals surface area contributed by atoms with Crippen molar-refractivity contribution in [1.29, 1.82) is 0 Å². The number of anilines is 1. The van der Waals surface area contributed by atoms with Gasteiger partial charge in [-0.15, -0.1) is 0 Å². The first-order chi connectivity index (χ1) is 13.2. The first-order valence-electron chi connectivity index (χ1n) is 9.00. The molecule has 0 bridgehead atoms. The molecule has 2 atom stereocenters. The Bertz CT molecular complexity index is 983. The second kappa shape index (κ2) is 8.11. The van der Waals surface area contributed by atoms with Crippen LogP contribution in [0.5, 0.6) is 0 Å². The van der Waals surface area contributed by atoms with Crippen LogP contribution in [0.2, 0.25) is 5.02 Å². The van der Waals surface area contributed by atoms with Crippen LogP contribution in [0.1, 0.15) is 29.8 Å². The molecule has 150 valence electrons. The van der Waals surface area contributed by atoms with Gasteiger partial charge in [-0.05, 0) is 50.6 Å². The summed E-state index contributed by atoms with van der Waals surface area (Å²) < 4.78 is 33.9. The van der Waals surface area contributed by atoms with Gasteiger partial charge < -0.3 is 9.64 Å². The monoisotopic (exact) mass is 422 g/mol. The van der Waals surface area contributed by atoms with Crippen molar-refractivity contribution in [3.63, 3.8) is 0 Å². The standard InChI is InChI=1S/C20H23ClN2O4S/c1-13-8-9-19(17(21)10-13)28(25,26)22-18-7-5-4-6-16(18)20(24)23-11-14(2)27-15(3)12-23/h4-10,14-15,22H,11-12H2,1-3H3. The molecule has 1 heterocycles. The molecule has 0 radical (unpaired) electrons. The lowest BCUT2D eigenvalue weighted by Gasteiger charge is -2.35. The van der Waals surface area contributed by atoms with Crippen LogP contribution in [0.4, 0.5) is 5.69 Å². The minimum Gasteiger partial charge on any atom is -0.372 e. The first-order valence-corrected chi connectivity index (χ1v) is 10.9. The summed E-state index contributed by atoms with van der Waals surface area (Å²) in [5.41, 5.74) is 1.36. The summed E-state index contributed by atoms with van der Waals surface area (Å²) in [6, 6.07) is 11.3. The van der Waals surface area contributed by atoms with Gasteiger partial charge >= 0.3 is 0 Å².